The average molecular weight is 313 g/mol. The molecule has 0 saturated carbocycles. The molecule has 0 aromatic carbocycles. The molecule has 0 aliphatic carbocycles. The van der Waals surface area contributed by atoms with Crippen LogP contribution in [-0.4, -0.2) is 49.7 Å². The van der Waals surface area contributed by atoms with E-state index in [2.05, 4.69) is 0 Å². The second-order valence-corrected chi connectivity index (χ2v) is 8.32. The predicted octanol–water partition coefficient (Wildman–Crippen LogP) is 2.50. The third kappa shape index (κ3) is 3.49. The van der Waals surface area contributed by atoms with Crippen molar-refractivity contribution in [1.82, 2.24) is 4.31 Å². The Morgan fingerprint density at radius 3 is 2.15 bits per heavy atom. The molecule has 0 unspecified atom stereocenters. The quantitative estimate of drug-likeness (QED) is 0.725. The Balaban J connectivity index is 2.74. The first kappa shape index (κ1) is 17.8. The molecule has 1 fully saturated rings. The summed E-state index contributed by atoms with van der Waals surface area (Å²) >= 11 is 0. The van der Waals surface area contributed by atoms with Crippen LogP contribution < -0.4 is 0 Å². The molecular weight excluding hydrogens is 288 g/mol. The molecule has 1 rings (SSSR count). The fraction of sp³-hybridized carbons (Fsp3) is 1.00. The Labute approximate surface area is 120 Å². The van der Waals surface area contributed by atoms with Crippen LogP contribution in [0.5, 0.6) is 0 Å². The summed E-state index contributed by atoms with van der Waals surface area (Å²) < 4.78 is 58.8. The van der Waals surface area contributed by atoms with Gasteiger partial charge in [0.1, 0.15) is 0 Å². The van der Waals surface area contributed by atoms with Crippen LogP contribution in [0.4, 0.5) is 8.78 Å². The van der Waals surface area contributed by atoms with Gasteiger partial charge in [0, 0.05) is 31.5 Å². The highest BCUT2D eigenvalue weighted by Crippen LogP contribution is 2.41. The van der Waals surface area contributed by atoms with Crippen LogP contribution in [0, 0.1) is 5.41 Å². The summed E-state index contributed by atoms with van der Waals surface area (Å²) in [7, 11) is -3.69. The van der Waals surface area contributed by atoms with Gasteiger partial charge in [0.25, 0.3) is 5.92 Å². The standard InChI is InChI=1S/C13H25F2NO3S/c1-6-13(14,15)11(3,4)10-20(17,18)16-8-12(5,9-16)19-7-2/h6-10H2,1-5H3. The lowest BCUT2D eigenvalue weighted by Gasteiger charge is -2.47. The zero-order valence-electron chi connectivity index (χ0n) is 12.9. The minimum Gasteiger partial charge on any atom is -0.373 e. The van der Waals surface area contributed by atoms with Gasteiger partial charge in [-0.25, -0.2) is 17.2 Å². The topological polar surface area (TPSA) is 46.6 Å². The Morgan fingerprint density at radius 2 is 1.75 bits per heavy atom. The maximum atomic E-state index is 13.8. The van der Waals surface area contributed by atoms with Crippen LogP contribution in [0.1, 0.15) is 41.0 Å². The van der Waals surface area contributed by atoms with Crippen molar-refractivity contribution in [3.63, 3.8) is 0 Å². The SMILES string of the molecule is CCOC1(C)CN(S(=O)(=O)CC(C)(C)C(F)(F)CC)C1. The van der Waals surface area contributed by atoms with Crippen molar-refractivity contribution in [2.45, 2.75) is 52.6 Å². The molecule has 0 spiro atoms. The number of hydrogen-bond donors (Lipinski definition) is 0. The van der Waals surface area contributed by atoms with Crippen molar-refractivity contribution < 1.29 is 21.9 Å². The van der Waals surface area contributed by atoms with Crippen molar-refractivity contribution in [2.75, 3.05) is 25.4 Å². The molecule has 1 aliphatic rings. The molecule has 20 heavy (non-hydrogen) atoms. The normalized spacial score (nSPS) is 20.8. The minimum absolute atomic E-state index is 0.233. The van der Waals surface area contributed by atoms with Gasteiger partial charge in [0.2, 0.25) is 10.0 Å². The van der Waals surface area contributed by atoms with Crippen molar-refractivity contribution in [3.05, 3.63) is 0 Å². The van der Waals surface area contributed by atoms with Crippen LogP contribution in [0.25, 0.3) is 0 Å². The van der Waals surface area contributed by atoms with Gasteiger partial charge in [0.15, 0.2) is 0 Å². The van der Waals surface area contributed by atoms with Crippen LogP contribution in [0.3, 0.4) is 0 Å². The average Bonchev–Trinajstić information content (AvgIpc) is 2.24. The summed E-state index contributed by atoms with van der Waals surface area (Å²) in [5.41, 5.74) is -2.07. The maximum Gasteiger partial charge on any atom is 0.253 e. The Hall–Kier alpha value is -0.270. The van der Waals surface area contributed by atoms with Gasteiger partial charge in [-0.2, -0.15) is 4.31 Å². The molecule has 0 atom stereocenters. The van der Waals surface area contributed by atoms with E-state index >= 15 is 0 Å². The molecule has 7 heteroatoms. The summed E-state index contributed by atoms with van der Waals surface area (Å²) in [6.07, 6.45) is -0.369. The number of rotatable bonds is 7. The second kappa shape index (κ2) is 5.50. The first-order valence-electron chi connectivity index (χ1n) is 6.89. The van der Waals surface area contributed by atoms with E-state index in [0.717, 1.165) is 0 Å². The predicted molar refractivity (Wildman–Crippen MR) is 74.4 cm³/mol. The summed E-state index contributed by atoms with van der Waals surface area (Å²) in [5, 5.41) is 0. The zero-order chi connectivity index (χ0) is 15.8. The van der Waals surface area contributed by atoms with E-state index in [-0.39, 0.29) is 19.5 Å². The van der Waals surface area contributed by atoms with Crippen LogP contribution in [0.2, 0.25) is 0 Å². The van der Waals surface area contributed by atoms with Crippen molar-refractivity contribution in [3.8, 4) is 0 Å². The van der Waals surface area contributed by atoms with E-state index in [9.17, 15) is 17.2 Å². The first-order valence-corrected chi connectivity index (χ1v) is 8.50. The molecule has 0 radical (unpaired) electrons. The van der Waals surface area contributed by atoms with E-state index in [1.807, 2.05) is 13.8 Å². The molecule has 0 aromatic rings. The number of halogens is 2. The van der Waals surface area contributed by atoms with Crippen molar-refractivity contribution in [2.24, 2.45) is 5.41 Å². The third-order valence-corrected chi connectivity index (χ3v) is 6.02. The molecule has 0 aromatic heterocycles. The van der Waals surface area contributed by atoms with E-state index in [0.29, 0.717) is 6.61 Å². The highest BCUT2D eigenvalue weighted by atomic mass is 32.2. The summed E-state index contributed by atoms with van der Waals surface area (Å²) in [6, 6.07) is 0. The fourth-order valence-electron chi connectivity index (χ4n) is 2.47. The minimum atomic E-state index is -3.69. The molecular formula is C13H25F2NO3S. The lowest BCUT2D eigenvalue weighted by atomic mass is 9.86. The van der Waals surface area contributed by atoms with Crippen LogP contribution in [0.15, 0.2) is 0 Å². The van der Waals surface area contributed by atoms with E-state index in [1.54, 1.807) is 0 Å². The molecule has 0 amide bonds. The Bertz CT molecular complexity index is 443. The van der Waals surface area contributed by atoms with Gasteiger partial charge in [0.05, 0.1) is 11.4 Å². The maximum absolute atomic E-state index is 13.8. The van der Waals surface area contributed by atoms with Crippen molar-refractivity contribution in [1.29, 1.82) is 0 Å². The number of hydrogen-bond acceptors (Lipinski definition) is 3. The van der Waals surface area contributed by atoms with Crippen LogP contribution in [-0.2, 0) is 14.8 Å². The molecule has 120 valence electrons. The molecule has 1 aliphatic heterocycles. The Kier molecular flexibility index (Phi) is 4.89. The molecule has 4 nitrogen and oxygen atoms in total. The number of alkyl halides is 2. The number of sulfonamides is 1. The zero-order valence-corrected chi connectivity index (χ0v) is 13.7. The summed E-state index contributed by atoms with van der Waals surface area (Å²) in [6.45, 7) is 8.61. The largest absolute Gasteiger partial charge is 0.373 e. The smallest absolute Gasteiger partial charge is 0.253 e. The number of nitrogens with zero attached hydrogens (tertiary/aromatic N) is 1. The van der Waals surface area contributed by atoms with Gasteiger partial charge in [-0.15, -0.1) is 0 Å². The molecule has 1 heterocycles. The highest BCUT2D eigenvalue weighted by molar-refractivity contribution is 7.89. The molecule has 1 saturated heterocycles. The van der Waals surface area contributed by atoms with E-state index < -0.39 is 32.7 Å². The molecule has 0 N–H and O–H groups in total. The van der Waals surface area contributed by atoms with Gasteiger partial charge in [-0.05, 0) is 13.8 Å². The lowest BCUT2D eigenvalue weighted by Crippen LogP contribution is -2.64. The third-order valence-electron chi connectivity index (χ3n) is 3.89. The van der Waals surface area contributed by atoms with Gasteiger partial charge >= 0.3 is 0 Å². The molecule has 0 bridgehead atoms. The van der Waals surface area contributed by atoms with Gasteiger partial charge in [-0.3, -0.25) is 0 Å². The number of ether oxygens (including phenoxy) is 1. The highest BCUT2D eigenvalue weighted by Gasteiger charge is 2.52. The van der Waals surface area contributed by atoms with Gasteiger partial charge < -0.3 is 4.74 Å². The van der Waals surface area contributed by atoms with Gasteiger partial charge in [-0.1, -0.05) is 20.8 Å². The monoisotopic (exact) mass is 313 g/mol. The summed E-state index contributed by atoms with van der Waals surface area (Å²) in [4.78, 5) is 0. The van der Waals surface area contributed by atoms with Crippen LogP contribution >= 0.6 is 0 Å². The van der Waals surface area contributed by atoms with E-state index in [1.165, 1.54) is 25.1 Å². The van der Waals surface area contributed by atoms with Crippen molar-refractivity contribution >= 4 is 10.0 Å². The van der Waals surface area contributed by atoms with E-state index in [4.69, 9.17) is 4.74 Å². The second-order valence-electron chi connectivity index (χ2n) is 6.35. The fourth-order valence-corrected chi connectivity index (χ4v) is 4.71. The Morgan fingerprint density at radius 1 is 1.25 bits per heavy atom. The first-order chi connectivity index (χ1) is 8.89. The summed E-state index contributed by atoms with van der Waals surface area (Å²) in [5.74, 6) is -3.56. The lowest BCUT2D eigenvalue weighted by molar-refractivity contribution is -0.105.